The molecule has 1 aliphatic heterocycles. The van der Waals surface area contributed by atoms with E-state index in [2.05, 4.69) is 5.32 Å². The topological polar surface area (TPSA) is 84.7 Å². The van der Waals surface area contributed by atoms with Crippen LogP contribution in [-0.2, 0) is 14.3 Å². The zero-order chi connectivity index (χ0) is 14.4. The van der Waals surface area contributed by atoms with Crippen molar-refractivity contribution < 1.29 is 14.3 Å². The summed E-state index contributed by atoms with van der Waals surface area (Å²) in [6, 6.07) is 0.327. The van der Waals surface area contributed by atoms with Crippen LogP contribution < -0.4 is 11.1 Å². The smallest absolute Gasteiger partial charge is 0.246 e. The van der Waals surface area contributed by atoms with Gasteiger partial charge < -0.3 is 20.7 Å². The van der Waals surface area contributed by atoms with Gasteiger partial charge in [-0.05, 0) is 25.7 Å². The summed E-state index contributed by atoms with van der Waals surface area (Å²) >= 11 is 0. The second kappa shape index (κ2) is 7.59. The number of likely N-dealkylation sites (tertiary alicyclic amines) is 1. The summed E-state index contributed by atoms with van der Waals surface area (Å²) in [6.45, 7) is 1.41. The molecule has 6 nitrogen and oxygen atoms in total. The summed E-state index contributed by atoms with van der Waals surface area (Å²) in [5.74, 6) is -0.0899. The number of hydrogen-bond donors (Lipinski definition) is 2. The molecule has 2 rings (SSSR count). The molecule has 0 spiro atoms. The van der Waals surface area contributed by atoms with Gasteiger partial charge in [0.25, 0.3) is 0 Å². The van der Waals surface area contributed by atoms with E-state index in [4.69, 9.17) is 10.5 Å². The first-order chi connectivity index (χ1) is 9.69. The highest BCUT2D eigenvalue weighted by molar-refractivity contribution is 5.78. The van der Waals surface area contributed by atoms with Gasteiger partial charge in [-0.15, -0.1) is 0 Å². The van der Waals surface area contributed by atoms with Crippen LogP contribution in [0.5, 0.6) is 0 Å². The number of rotatable bonds is 5. The Morgan fingerprint density at radius 1 is 1.20 bits per heavy atom. The predicted octanol–water partition coefficient (Wildman–Crippen LogP) is 0.0115. The van der Waals surface area contributed by atoms with Gasteiger partial charge in [0.1, 0.15) is 6.61 Å². The lowest BCUT2D eigenvalue weighted by Gasteiger charge is -2.32. The summed E-state index contributed by atoms with van der Waals surface area (Å²) in [6.07, 6.45) is 6.30. The summed E-state index contributed by atoms with van der Waals surface area (Å²) in [4.78, 5) is 25.0. The van der Waals surface area contributed by atoms with Crippen LogP contribution in [0, 0.1) is 0 Å². The molecule has 20 heavy (non-hydrogen) atoms. The molecular weight excluding hydrogens is 258 g/mol. The Hall–Kier alpha value is -1.14. The summed E-state index contributed by atoms with van der Waals surface area (Å²) in [5.41, 5.74) is 5.37. The molecule has 1 aliphatic carbocycles. The first-order valence-electron chi connectivity index (χ1n) is 7.58. The van der Waals surface area contributed by atoms with Gasteiger partial charge in [0.05, 0.1) is 12.6 Å². The summed E-state index contributed by atoms with van der Waals surface area (Å²) < 4.78 is 5.63. The Kier molecular flexibility index (Phi) is 5.79. The van der Waals surface area contributed by atoms with E-state index in [0.29, 0.717) is 12.6 Å². The third kappa shape index (κ3) is 4.45. The van der Waals surface area contributed by atoms with Crippen molar-refractivity contribution in [2.24, 2.45) is 5.73 Å². The maximum Gasteiger partial charge on any atom is 0.246 e. The third-order valence-electron chi connectivity index (χ3n) is 4.08. The molecule has 114 valence electrons. The molecule has 6 heteroatoms. The van der Waals surface area contributed by atoms with Crippen LogP contribution in [0.4, 0.5) is 0 Å². The lowest BCUT2D eigenvalue weighted by Crippen LogP contribution is -2.46. The fourth-order valence-corrected chi connectivity index (χ4v) is 2.96. The van der Waals surface area contributed by atoms with Crippen molar-refractivity contribution >= 4 is 11.8 Å². The number of nitrogens with zero attached hydrogens (tertiary/aromatic N) is 1. The average Bonchev–Trinajstić information content (AvgIpc) is 2.97. The van der Waals surface area contributed by atoms with Crippen molar-refractivity contribution in [3.63, 3.8) is 0 Å². The molecule has 0 radical (unpaired) electrons. The highest BCUT2D eigenvalue weighted by Crippen LogP contribution is 2.17. The van der Waals surface area contributed by atoms with E-state index >= 15 is 0 Å². The van der Waals surface area contributed by atoms with Gasteiger partial charge in [-0.3, -0.25) is 9.59 Å². The maximum absolute atomic E-state index is 11.8. The molecule has 0 aromatic carbocycles. The number of nitrogens with one attached hydrogen (secondary N) is 1. The second-order valence-electron chi connectivity index (χ2n) is 5.67. The van der Waals surface area contributed by atoms with E-state index in [1.165, 1.54) is 12.8 Å². The Bertz CT molecular complexity index is 343. The SMILES string of the molecule is NCC(=O)N1CCCC(OCC(=O)NC2CCCC2)C1. The van der Waals surface area contributed by atoms with Gasteiger partial charge in [0.15, 0.2) is 0 Å². The quantitative estimate of drug-likeness (QED) is 0.744. The van der Waals surface area contributed by atoms with Crippen LogP contribution in [0.3, 0.4) is 0 Å². The summed E-state index contributed by atoms with van der Waals surface area (Å²) in [7, 11) is 0. The Labute approximate surface area is 120 Å². The van der Waals surface area contributed by atoms with Gasteiger partial charge >= 0.3 is 0 Å². The van der Waals surface area contributed by atoms with Gasteiger partial charge in [0, 0.05) is 19.1 Å². The van der Waals surface area contributed by atoms with Crippen molar-refractivity contribution in [2.45, 2.75) is 50.7 Å². The number of piperidine rings is 1. The molecule has 0 bridgehead atoms. The largest absolute Gasteiger partial charge is 0.367 e. The molecule has 1 saturated carbocycles. The van der Waals surface area contributed by atoms with Crippen LogP contribution in [0.15, 0.2) is 0 Å². The van der Waals surface area contributed by atoms with Crippen LogP contribution in [-0.4, -0.2) is 55.1 Å². The molecule has 0 aromatic heterocycles. The lowest BCUT2D eigenvalue weighted by molar-refractivity contribution is -0.136. The first-order valence-corrected chi connectivity index (χ1v) is 7.58. The highest BCUT2D eigenvalue weighted by atomic mass is 16.5. The van der Waals surface area contributed by atoms with Crippen molar-refractivity contribution in [2.75, 3.05) is 26.2 Å². The van der Waals surface area contributed by atoms with E-state index in [0.717, 1.165) is 32.2 Å². The van der Waals surface area contributed by atoms with Gasteiger partial charge in [-0.2, -0.15) is 0 Å². The molecule has 1 saturated heterocycles. The third-order valence-corrected chi connectivity index (χ3v) is 4.08. The van der Waals surface area contributed by atoms with Crippen LogP contribution in [0.25, 0.3) is 0 Å². The molecule has 2 aliphatic rings. The van der Waals surface area contributed by atoms with E-state index in [9.17, 15) is 9.59 Å². The molecule has 3 N–H and O–H groups in total. The van der Waals surface area contributed by atoms with Crippen LogP contribution in [0.1, 0.15) is 38.5 Å². The molecule has 1 atom stereocenters. The lowest BCUT2D eigenvalue weighted by atomic mass is 10.1. The minimum atomic E-state index is -0.0476. The zero-order valence-corrected chi connectivity index (χ0v) is 12.0. The van der Waals surface area contributed by atoms with E-state index in [-0.39, 0.29) is 31.1 Å². The Balaban J connectivity index is 1.67. The van der Waals surface area contributed by atoms with Gasteiger partial charge in [0.2, 0.25) is 11.8 Å². The molecule has 2 fully saturated rings. The molecule has 1 unspecified atom stereocenters. The summed E-state index contributed by atoms with van der Waals surface area (Å²) in [5, 5.41) is 3.00. The second-order valence-corrected chi connectivity index (χ2v) is 5.67. The normalized spacial score (nSPS) is 23.9. The minimum absolute atomic E-state index is 0.0366. The monoisotopic (exact) mass is 283 g/mol. The van der Waals surface area contributed by atoms with Crippen molar-refractivity contribution in [1.82, 2.24) is 10.2 Å². The molecule has 2 amide bonds. The van der Waals surface area contributed by atoms with Crippen molar-refractivity contribution in [3.05, 3.63) is 0 Å². The molecule has 1 heterocycles. The predicted molar refractivity (Wildman–Crippen MR) is 75.0 cm³/mol. The number of amides is 2. The Morgan fingerprint density at radius 3 is 2.65 bits per heavy atom. The number of hydrogen-bond acceptors (Lipinski definition) is 4. The Morgan fingerprint density at radius 2 is 1.95 bits per heavy atom. The van der Waals surface area contributed by atoms with Crippen LogP contribution >= 0.6 is 0 Å². The fourth-order valence-electron chi connectivity index (χ4n) is 2.96. The average molecular weight is 283 g/mol. The minimum Gasteiger partial charge on any atom is -0.367 e. The van der Waals surface area contributed by atoms with Crippen molar-refractivity contribution in [3.8, 4) is 0 Å². The maximum atomic E-state index is 11.8. The number of carbonyl (C=O) groups is 2. The van der Waals surface area contributed by atoms with E-state index in [1.54, 1.807) is 4.90 Å². The first kappa shape index (κ1) is 15.3. The van der Waals surface area contributed by atoms with Gasteiger partial charge in [-0.1, -0.05) is 12.8 Å². The number of nitrogens with two attached hydrogens (primary N) is 1. The zero-order valence-electron chi connectivity index (χ0n) is 12.0. The number of carbonyl (C=O) groups excluding carboxylic acids is 2. The molecule has 0 aromatic rings. The van der Waals surface area contributed by atoms with Crippen LogP contribution in [0.2, 0.25) is 0 Å². The molecular formula is C14H25N3O3. The highest BCUT2D eigenvalue weighted by Gasteiger charge is 2.24. The number of ether oxygens (including phenoxy) is 1. The van der Waals surface area contributed by atoms with E-state index < -0.39 is 0 Å². The van der Waals surface area contributed by atoms with Crippen molar-refractivity contribution in [1.29, 1.82) is 0 Å². The fraction of sp³-hybridized carbons (Fsp3) is 0.857. The standard InChI is InChI=1S/C14H25N3O3/c15-8-14(19)17-7-3-6-12(9-17)20-10-13(18)16-11-4-1-2-5-11/h11-12H,1-10,15H2,(H,16,18). The van der Waals surface area contributed by atoms with Gasteiger partial charge in [-0.25, -0.2) is 0 Å². The van der Waals surface area contributed by atoms with E-state index in [1.807, 2.05) is 0 Å².